The number of aryl methyl sites for hydroxylation is 2. The molecule has 2 aliphatic carbocycles. The second kappa shape index (κ2) is 11.7. The SMILES string of the molecule is Cc1cc(CN)cc(C)c1NC(=O)c1cc2c(cc1-c1ccc(C(=O)NC34CCC(CC3)C4)nc1C(=O)O)OCCc1ccsc1-2. The van der Waals surface area contributed by atoms with E-state index in [0.717, 1.165) is 64.8 Å². The smallest absolute Gasteiger partial charge is 0.355 e. The second-order valence-corrected chi connectivity index (χ2v) is 13.7. The van der Waals surface area contributed by atoms with Gasteiger partial charge in [-0.2, -0.15) is 0 Å². The van der Waals surface area contributed by atoms with Gasteiger partial charge < -0.3 is 26.2 Å². The Morgan fingerprint density at radius 2 is 1.78 bits per heavy atom. The molecule has 4 aromatic rings. The van der Waals surface area contributed by atoms with E-state index in [0.29, 0.717) is 42.5 Å². The minimum atomic E-state index is -1.29. The predicted molar refractivity (Wildman–Crippen MR) is 178 cm³/mol. The summed E-state index contributed by atoms with van der Waals surface area (Å²) in [6.07, 6.45) is 5.73. The molecule has 2 aromatic carbocycles. The highest BCUT2D eigenvalue weighted by molar-refractivity contribution is 7.13. The predicted octanol–water partition coefficient (Wildman–Crippen LogP) is 6.50. The number of fused-ring (bicyclic) bond motifs is 5. The number of nitrogens with zero attached hydrogens (tertiary/aromatic N) is 1. The van der Waals surface area contributed by atoms with Crippen molar-refractivity contribution in [3.63, 3.8) is 0 Å². The van der Waals surface area contributed by atoms with Gasteiger partial charge in [-0.25, -0.2) is 9.78 Å². The molecular weight excluding hydrogens is 600 g/mol. The maximum atomic E-state index is 14.2. The molecule has 236 valence electrons. The van der Waals surface area contributed by atoms with Crippen LogP contribution in [0.15, 0.2) is 47.8 Å². The first kappa shape index (κ1) is 30.1. The third-order valence-electron chi connectivity index (χ3n) is 9.79. The van der Waals surface area contributed by atoms with E-state index in [1.165, 1.54) is 0 Å². The number of ether oxygens (including phenoxy) is 1. The zero-order valence-corrected chi connectivity index (χ0v) is 26.7. The number of anilines is 1. The first-order valence-electron chi connectivity index (χ1n) is 15.7. The van der Waals surface area contributed by atoms with Gasteiger partial charge in [-0.15, -0.1) is 11.3 Å². The maximum Gasteiger partial charge on any atom is 0.355 e. The summed E-state index contributed by atoms with van der Waals surface area (Å²) in [7, 11) is 0. The summed E-state index contributed by atoms with van der Waals surface area (Å²) < 4.78 is 6.16. The number of amides is 2. The second-order valence-electron chi connectivity index (χ2n) is 12.8. The largest absolute Gasteiger partial charge is 0.493 e. The summed E-state index contributed by atoms with van der Waals surface area (Å²) in [4.78, 5) is 45.6. The van der Waals surface area contributed by atoms with Gasteiger partial charge in [-0.1, -0.05) is 12.1 Å². The zero-order valence-electron chi connectivity index (χ0n) is 25.9. The molecule has 2 aromatic heterocycles. The molecule has 7 rings (SSSR count). The number of carboxylic acid groups (broad SMARTS) is 1. The van der Waals surface area contributed by atoms with Gasteiger partial charge in [0.1, 0.15) is 11.4 Å². The normalized spacial score (nSPS) is 19.5. The van der Waals surface area contributed by atoms with Crippen molar-refractivity contribution in [2.24, 2.45) is 11.7 Å². The van der Waals surface area contributed by atoms with E-state index in [4.69, 9.17) is 10.5 Å². The van der Waals surface area contributed by atoms with Crippen LogP contribution >= 0.6 is 11.3 Å². The Morgan fingerprint density at radius 1 is 1.02 bits per heavy atom. The lowest BCUT2D eigenvalue weighted by Gasteiger charge is -2.27. The highest BCUT2D eigenvalue weighted by Crippen LogP contribution is 2.48. The number of benzene rings is 2. The van der Waals surface area contributed by atoms with Crippen LogP contribution in [0, 0.1) is 19.8 Å². The topological polar surface area (TPSA) is 144 Å². The van der Waals surface area contributed by atoms with Crippen molar-refractivity contribution in [3.05, 3.63) is 87.0 Å². The summed E-state index contributed by atoms with van der Waals surface area (Å²) in [6, 6.07) is 12.6. The highest BCUT2D eigenvalue weighted by atomic mass is 32.1. The molecule has 9 nitrogen and oxygen atoms in total. The maximum absolute atomic E-state index is 14.2. The fourth-order valence-electron chi connectivity index (χ4n) is 7.51. The van der Waals surface area contributed by atoms with Gasteiger partial charge in [-0.05, 0) is 110 Å². The Balaban J connectivity index is 1.33. The number of hydrogen-bond donors (Lipinski definition) is 4. The van der Waals surface area contributed by atoms with Gasteiger partial charge in [-0.3, -0.25) is 9.59 Å². The van der Waals surface area contributed by atoms with E-state index < -0.39 is 11.9 Å². The number of rotatable bonds is 7. The van der Waals surface area contributed by atoms with Crippen LogP contribution in [0.5, 0.6) is 5.75 Å². The molecule has 0 unspecified atom stereocenters. The summed E-state index contributed by atoms with van der Waals surface area (Å²) in [5.41, 5.74) is 11.5. The van der Waals surface area contributed by atoms with Gasteiger partial charge in [0, 0.05) is 51.3 Å². The molecule has 0 atom stereocenters. The van der Waals surface area contributed by atoms with Gasteiger partial charge >= 0.3 is 5.97 Å². The Bertz CT molecular complexity index is 1880. The number of carbonyl (C=O) groups excluding carboxylic acids is 2. The van der Waals surface area contributed by atoms with Crippen LogP contribution in [0.1, 0.15) is 85.7 Å². The number of thiophene rings is 1. The Morgan fingerprint density at radius 3 is 2.46 bits per heavy atom. The number of carboxylic acids is 1. The van der Waals surface area contributed by atoms with Gasteiger partial charge in [0.2, 0.25) is 0 Å². The van der Waals surface area contributed by atoms with Crippen LogP contribution in [0.25, 0.3) is 21.6 Å². The standard InChI is InChI=1S/C36H36N4O5S/c1-19-13-22(18-37)14-20(2)30(19)39-33(41)26-15-27-29(45-11-7-23-8-12-46-32(23)27)16-25(26)24-3-4-28(38-31(24)35(43)44)34(42)40-36-9-5-21(17-36)6-10-36/h3-4,8,12-16,21H,5-7,9-11,17-18,37H2,1-2H3,(H,39,41)(H,40,42)(H,43,44). The Hall–Kier alpha value is -4.54. The molecule has 5 N–H and O–H groups in total. The lowest BCUT2D eigenvalue weighted by Crippen LogP contribution is -2.45. The lowest BCUT2D eigenvalue weighted by atomic mass is 9.92. The molecule has 3 aliphatic rings. The number of nitrogens with one attached hydrogen (secondary N) is 2. The molecule has 1 aliphatic heterocycles. The molecule has 2 amide bonds. The fourth-order valence-corrected chi connectivity index (χ4v) is 8.49. The van der Waals surface area contributed by atoms with Crippen molar-refractivity contribution in [3.8, 4) is 27.3 Å². The molecule has 3 heterocycles. The molecule has 46 heavy (non-hydrogen) atoms. The van der Waals surface area contributed by atoms with Crippen molar-refractivity contribution in [1.29, 1.82) is 0 Å². The highest BCUT2D eigenvalue weighted by Gasteiger charge is 2.46. The number of aromatic nitrogens is 1. The third-order valence-corrected chi connectivity index (χ3v) is 10.8. The number of pyridine rings is 1. The summed E-state index contributed by atoms with van der Waals surface area (Å²) in [6.45, 7) is 4.66. The summed E-state index contributed by atoms with van der Waals surface area (Å²) in [5, 5.41) is 18.6. The van der Waals surface area contributed by atoms with Gasteiger partial charge in [0.05, 0.1) is 6.61 Å². The molecule has 10 heteroatoms. The van der Waals surface area contributed by atoms with E-state index in [1.807, 2.05) is 31.4 Å². The van der Waals surface area contributed by atoms with Crippen LogP contribution in [0.4, 0.5) is 5.69 Å². The minimum absolute atomic E-state index is 0.0392. The summed E-state index contributed by atoms with van der Waals surface area (Å²) >= 11 is 1.57. The Kier molecular flexibility index (Phi) is 7.65. The van der Waals surface area contributed by atoms with Crippen LogP contribution in [0.3, 0.4) is 0 Å². The summed E-state index contributed by atoms with van der Waals surface area (Å²) in [5.74, 6) is -0.877. The number of carbonyl (C=O) groups is 3. The van der Waals surface area contributed by atoms with Crippen molar-refractivity contribution < 1.29 is 24.2 Å². The van der Waals surface area contributed by atoms with Crippen LogP contribution in [0.2, 0.25) is 0 Å². The van der Waals surface area contributed by atoms with E-state index in [1.54, 1.807) is 35.6 Å². The van der Waals surface area contributed by atoms with Crippen LogP contribution in [-0.2, 0) is 13.0 Å². The molecular formula is C36H36N4O5S. The molecule has 2 fully saturated rings. The van der Waals surface area contributed by atoms with E-state index in [2.05, 4.69) is 21.7 Å². The average Bonchev–Trinajstić information content (AvgIpc) is 3.76. The molecule has 0 spiro atoms. The minimum Gasteiger partial charge on any atom is -0.493 e. The number of aromatic carboxylic acids is 1. The van der Waals surface area contributed by atoms with Crippen molar-refractivity contribution >= 4 is 34.8 Å². The monoisotopic (exact) mass is 636 g/mol. The number of hydrogen-bond acceptors (Lipinski definition) is 7. The van der Waals surface area contributed by atoms with E-state index in [9.17, 15) is 19.5 Å². The van der Waals surface area contributed by atoms with Crippen LogP contribution in [-0.4, -0.2) is 40.0 Å². The van der Waals surface area contributed by atoms with Crippen molar-refractivity contribution in [2.75, 3.05) is 11.9 Å². The first-order chi connectivity index (χ1) is 22.1. The lowest BCUT2D eigenvalue weighted by molar-refractivity contribution is 0.0691. The average molecular weight is 637 g/mol. The van der Waals surface area contributed by atoms with Crippen LogP contribution < -0.4 is 21.1 Å². The van der Waals surface area contributed by atoms with E-state index >= 15 is 0 Å². The van der Waals surface area contributed by atoms with Gasteiger partial charge in [0.25, 0.3) is 11.8 Å². The molecule has 2 bridgehead atoms. The number of nitrogens with two attached hydrogens (primary N) is 1. The Labute approximate surface area is 271 Å². The van der Waals surface area contributed by atoms with Crippen molar-refractivity contribution in [2.45, 2.75) is 64.5 Å². The fraction of sp³-hybridized carbons (Fsp3) is 0.333. The molecule has 0 radical (unpaired) electrons. The first-order valence-corrected chi connectivity index (χ1v) is 16.6. The third kappa shape index (κ3) is 5.35. The van der Waals surface area contributed by atoms with E-state index in [-0.39, 0.29) is 34.0 Å². The van der Waals surface area contributed by atoms with Crippen molar-refractivity contribution in [1.82, 2.24) is 10.3 Å². The van der Waals surface area contributed by atoms with Gasteiger partial charge in [0.15, 0.2) is 5.69 Å². The zero-order chi connectivity index (χ0) is 32.2. The quantitative estimate of drug-likeness (QED) is 0.181. The molecule has 0 saturated heterocycles. The molecule has 2 saturated carbocycles.